The molecular weight excluding hydrogens is 553 g/mol. The molecule has 0 radical (unpaired) electrons. The molecule has 1 heterocycles. The smallest absolute Gasteiger partial charge is 0.342 e. The van der Waals surface area contributed by atoms with Gasteiger partial charge in [-0.15, -0.1) is 0 Å². The van der Waals surface area contributed by atoms with E-state index in [1.807, 2.05) is 13.8 Å². The van der Waals surface area contributed by atoms with E-state index in [1.165, 1.54) is 0 Å². The zero-order chi connectivity index (χ0) is 31.6. The maximum atomic E-state index is 13.0. The van der Waals surface area contributed by atoms with Crippen LogP contribution < -0.4 is 9.16 Å². The maximum absolute atomic E-state index is 13.0. The van der Waals surface area contributed by atoms with Gasteiger partial charge in [-0.25, -0.2) is 4.79 Å². The second-order valence-corrected chi connectivity index (χ2v) is 24.0. The van der Waals surface area contributed by atoms with Crippen LogP contribution in [0.25, 0.3) is 0 Å². The van der Waals surface area contributed by atoms with Gasteiger partial charge in [-0.1, -0.05) is 53.2 Å². The Kier molecular flexibility index (Phi) is 11.2. The topological polar surface area (TPSA) is 91.3 Å². The maximum Gasteiger partial charge on any atom is 0.342 e. The minimum Gasteiger partial charge on any atom is -0.543 e. The van der Waals surface area contributed by atoms with Crippen LogP contribution in [0.5, 0.6) is 11.5 Å². The number of allylic oxidation sites excluding steroid dienone is 2. The first-order valence-electron chi connectivity index (χ1n) is 14.8. The zero-order valence-electron chi connectivity index (χ0n) is 27.8. The second-order valence-electron chi connectivity index (χ2n) is 14.5. The van der Waals surface area contributed by atoms with Gasteiger partial charge in [-0.2, -0.15) is 0 Å². The van der Waals surface area contributed by atoms with Crippen LogP contribution in [0.3, 0.4) is 0 Å². The number of carboxylic acid groups (broad SMARTS) is 1. The Morgan fingerprint density at radius 3 is 2.15 bits per heavy atom. The molecule has 0 bridgehead atoms. The third kappa shape index (κ3) is 8.26. The van der Waals surface area contributed by atoms with Gasteiger partial charge >= 0.3 is 11.9 Å². The molecule has 9 heteroatoms. The molecule has 1 aromatic rings. The molecule has 0 spiro atoms. The lowest BCUT2D eigenvalue weighted by Crippen LogP contribution is -2.44. The van der Waals surface area contributed by atoms with Crippen molar-refractivity contribution >= 4 is 28.6 Å². The lowest BCUT2D eigenvalue weighted by molar-refractivity contribution is -0.137. The van der Waals surface area contributed by atoms with Crippen LogP contribution in [0.4, 0.5) is 0 Å². The number of rotatable bonds is 13. The van der Waals surface area contributed by atoms with E-state index in [0.29, 0.717) is 30.1 Å². The molecule has 0 saturated carbocycles. The van der Waals surface area contributed by atoms with E-state index in [0.717, 1.165) is 35.1 Å². The summed E-state index contributed by atoms with van der Waals surface area (Å²) in [6.07, 6.45) is 4.11. The second kappa shape index (κ2) is 13.0. The fourth-order valence-corrected chi connectivity index (χ4v) is 6.66. The van der Waals surface area contributed by atoms with Crippen LogP contribution in [-0.2, 0) is 27.0 Å². The number of hydrogen-bond donors (Lipinski definition) is 1. The summed E-state index contributed by atoms with van der Waals surface area (Å²) < 4.78 is 24.5. The summed E-state index contributed by atoms with van der Waals surface area (Å²) in [5, 5.41) is 9.72. The predicted octanol–water partition coefficient (Wildman–Crippen LogP) is 8.44. The molecule has 0 fully saturated rings. The summed E-state index contributed by atoms with van der Waals surface area (Å²) in [6, 6.07) is 0. The molecule has 232 valence electrons. The molecule has 1 aromatic carbocycles. The van der Waals surface area contributed by atoms with Gasteiger partial charge in [0, 0.05) is 17.7 Å². The normalized spacial score (nSPS) is 15.4. The lowest BCUT2D eigenvalue weighted by Gasteiger charge is -2.37. The van der Waals surface area contributed by atoms with Gasteiger partial charge in [0.1, 0.15) is 23.7 Å². The molecule has 1 aliphatic rings. The van der Waals surface area contributed by atoms with Crippen LogP contribution >= 0.6 is 0 Å². The van der Waals surface area contributed by atoms with E-state index in [-0.39, 0.29) is 35.0 Å². The third-order valence-electron chi connectivity index (χ3n) is 9.45. The molecule has 1 unspecified atom stereocenters. The predicted molar refractivity (Wildman–Crippen MR) is 170 cm³/mol. The molecule has 0 saturated heterocycles. The average molecular weight is 607 g/mol. The number of cyclic esters (lactones) is 1. The van der Waals surface area contributed by atoms with E-state index in [1.54, 1.807) is 7.11 Å². The van der Waals surface area contributed by atoms with E-state index in [9.17, 15) is 14.7 Å². The standard InChI is InChI=1S/C32H54O7Si2/c1-21(23(19-26(33)34)15-14-18-38-40(10,11)31(3,4)5)16-17-24-28(36-9)22(2)25-20-37-30(35)27(25)29(24)39-41(12,13)32(6,7)8/h16,23H,14-15,17-20H2,1-13H3,(H,33,34). The molecule has 0 aromatic heterocycles. The molecule has 41 heavy (non-hydrogen) atoms. The average Bonchev–Trinajstić information content (AvgIpc) is 3.21. The van der Waals surface area contributed by atoms with Gasteiger partial charge in [0.25, 0.3) is 8.32 Å². The Bertz CT molecular complexity index is 1150. The monoisotopic (exact) mass is 606 g/mol. The number of methoxy groups -OCH3 is 1. The molecule has 1 N–H and O–H groups in total. The van der Waals surface area contributed by atoms with Gasteiger partial charge in [0.2, 0.25) is 0 Å². The first-order valence-corrected chi connectivity index (χ1v) is 20.6. The third-order valence-corrected chi connectivity index (χ3v) is 18.3. The van der Waals surface area contributed by atoms with Crippen molar-refractivity contribution < 1.29 is 33.0 Å². The lowest BCUT2D eigenvalue weighted by atomic mass is 9.89. The number of hydrogen-bond acceptors (Lipinski definition) is 6. The van der Waals surface area contributed by atoms with Crippen molar-refractivity contribution in [1.29, 1.82) is 0 Å². The van der Waals surface area contributed by atoms with Crippen LogP contribution in [0.2, 0.25) is 36.3 Å². The highest BCUT2D eigenvalue weighted by molar-refractivity contribution is 6.75. The Morgan fingerprint density at radius 1 is 1.05 bits per heavy atom. The Hall–Kier alpha value is -2.11. The van der Waals surface area contributed by atoms with Crippen molar-refractivity contribution in [3.63, 3.8) is 0 Å². The van der Waals surface area contributed by atoms with Crippen molar-refractivity contribution in [1.82, 2.24) is 0 Å². The first kappa shape index (κ1) is 35.1. The van der Waals surface area contributed by atoms with Gasteiger partial charge in [-0.3, -0.25) is 4.79 Å². The van der Waals surface area contributed by atoms with E-state index >= 15 is 0 Å². The minimum absolute atomic E-state index is 0.0580. The highest BCUT2D eigenvalue weighted by Crippen LogP contribution is 2.46. The van der Waals surface area contributed by atoms with Crippen LogP contribution in [0.15, 0.2) is 11.6 Å². The Balaban J connectivity index is 2.44. The quantitative estimate of drug-likeness (QED) is 0.104. The number of aliphatic carboxylic acids is 1. The summed E-state index contributed by atoms with van der Waals surface area (Å²) in [5.41, 5.74) is 4.00. The van der Waals surface area contributed by atoms with Crippen molar-refractivity contribution in [2.24, 2.45) is 5.92 Å². The highest BCUT2D eigenvalue weighted by atomic mass is 28.4. The highest BCUT2D eigenvalue weighted by Gasteiger charge is 2.42. The molecule has 0 amide bonds. The number of benzene rings is 1. The molecule has 1 atom stereocenters. The Morgan fingerprint density at radius 2 is 1.63 bits per heavy atom. The molecule has 7 nitrogen and oxygen atoms in total. The van der Waals surface area contributed by atoms with Crippen LogP contribution in [0, 0.1) is 12.8 Å². The summed E-state index contributed by atoms with van der Waals surface area (Å²) in [4.78, 5) is 24.7. The first-order chi connectivity index (χ1) is 18.6. The molecule has 1 aliphatic heterocycles. The van der Waals surface area contributed by atoms with E-state index < -0.39 is 22.6 Å². The van der Waals surface area contributed by atoms with E-state index in [2.05, 4.69) is 73.8 Å². The molecular formula is C32H54O7Si2. The molecule has 2 rings (SSSR count). The fourth-order valence-electron chi connectivity index (χ4n) is 4.54. The van der Waals surface area contributed by atoms with Crippen LogP contribution in [-0.4, -0.2) is 47.4 Å². The number of esters is 1. The van der Waals surface area contributed by atoms with Gasteiger partial charge in [-0.05, 0) is 80.9 Å². The largest absolute Gasteiger partial charge is 0.543 e. The van der Waals surface area contributed by atoms with Gasteiger partial charge in [0.05, 0.1) is 13.5 Å². The number of carbonyl (C=O) groups is 2. The minimum atomic E-state index is -2.33. The summed E-state index contributed by atoms with van der Waals surface area (Å²) in [5.74, 6) is -0.0575. The zero-order valence-corrected chi connectivity index (χ0v) is 29.8. The van der Waals surface area contributed by atoms with Crippen molar-refractivity contribution in [3.05, 3.63) is 33.9 Å². The van der Waals surface area contributed by atoms with Crippen molar-refractivity contribution in [3.8, 4) is 11.5 Å². The number of carboxylic acids is 1. The Labute approximate surface area is 250 Å². The van der Waals surface area contributed by atoms with Gasteiger partial charge < -0.3 is 23.4 Å². The van der Waals surface area contributed by atoms with Crippen LogP contribution in [0.1, 0.15) is 94.8 Å². The van der Waals surface area contributed by atoms with Crippen molar-refractivity contribution in [2.45, 2.75) is 124 Å². The summed E-state index contributed by atoms with van der Waals surface area (Å²) in [7, 11) is -2.55. The molecule has 0 aliphatic carbocycles. The van der Waals surface area contributed by atoms with Crippen molar-refractivity contribution in [2.75, 3.05) is 13.7 Å². The summed E-state index contributed by atoms with van der Waals surface area (Å²) in [6.45, 7) is 26.7. The SMILES string of the molecule is COc1c(C)c2c(c(O[Si](C)(C)C(C)(C)C)c1CC=C(C)C(CCCO[Si](C)(C)C(C)(C)C)CC(=O)O)C(=O)OC2. The number of ether oxygens (including phenoxy) is 2. The van der Waals surface area contributed by atoms with Gasteiger partial charge in [0.15, 0.2) is 8.32 Å². The number of fused-ring (bicyclic) bond motifs is 1. The number of carbonyl (C=O) groups excluding carboxylic acids is 1. The fraction of sp³-hybridized carbons (Fsp3) is 0.688. The summed E-state index contributed by atoms with van der Waals surface area (Å²) >= 11 is 0. The van der Waals surface area contributed by atoms with E-state index in [4.69, 9.17) is 18.3 Å².